The lowest BCUT2D eigenvalue weighted by Crippen LogP contribution is -2.27. The van der Waals surface area contributed by atoms with E-state index in [1.165, 1.54) is 7.11 Å². The number of ether oxygens (including phenoxy) is 1. The molecule has 0 radical (unpaired) electrons. The minimum absolute atomic E-state index is 0.0572. The van der Waals surface area contributed by atoms with E-state index in [9.17, 15) is 9.59 Å². The lowest BCUT2D eigenvalue weighted by Gasteiger charge is -2.17. The number of nitrogens with one attached hydrogen (secondary N) is 1. The standard InChI is InChI=1S/C15H16N4O3/c1-8-7-11-12(16)19(18-13(11)17-14(8)20)10-5-3-9(4-6-10)15(21)22-2/h3-6,8H,7,16H2,1-2H3,(H,17,18,20). The van der Waals surface area contributed by atoms with Crippen molar-refractivity contribution in [3.8, 4) is 5.69 Å². The molecule has 0 saturated heterocycles. The summed E-state index contributed by atoms with van der Waals surface area (Å²) in [6.45, 7) is 1.85. The molecular formula is C15H16N4O3. The van der Waals surface area contributed by atoms with Crippen molar-refractivity contribution in [2.45, 2.75) is 13.3 Å². The molecule has 7 heteroatoms. The molecule has 1 aliphatic rings. The number of methoxy groups -OCH3 is 1. The number of hydrogen-bond acceptors (Lipinski definition) is 5. The first-order valence-corrected chi connectivity index (χ1v) is 6.88. The predicted octanol–water partition coefficient (Wildman–Crippen LogP) is 1.37. The van der Waals surface area contributed by atoms with Crippen LogP contribution >= 0.6 is 0 Å². The van der Waals surface area contributed by atoms with E-state index in [1.807, 2.05) is 6.92 Å². The topological polar surface area (TPSA) is 99.2 Å². The molecule has 1 aromatic carbocycles. The van der Waals surface area contributed by atoms with Crippen LogP contribution in [0, 0.1) is 5.92 Å². The summed E-state index contributed by atoms with van der Waals surface area (Å²) in [5.74, 6) is 0.401. The van der Waals surface area contributed by atoms with Crippen LogP contribution in [0.25, 0.3) is 5.69 Å². The zero-order valence-electron chi connectivity index (χ0n) is 12.3. The van der Waals surface area contributed by atoms with Gasteiger partial charge in [0.05, 0.1) is 18.4 Å². The molecular weight excluding hydrogens is 284 g/mol. The molecule has 22 heavy (non-hydrogen) atoms. The van der Waals surface area contributed by atoms with Gasteiger partial charge in [0.15, 0.2) is 5.82 Å². The highest BCUT2D eigenvalue weighted by atomic mass is 16.5. The maximum atomic E-state index is 11.7. The fraction of sp³-hybridized carbons (Fsp3) is 0.267. The molecule has 7 nitrogen and oxygen atoms in total. The zero-order valence-corrected chi connectivity index (χ0v) is 12.3. The van der Waals surface area contributed by atoms with Crippen molar-refractivity contribution in [1.29, 1.82) is 0 Å². The second kappa shape index (κ2) is 5.18. The number of benzene rings is 1. The Kier molecular flexibility index (Phi) is 3.32. The molecule has 0 bridgehead atoms. The first-order chi connectivity index (χ1) is 10.5. The molecule has 1 atom stereocenters. The SMILES string of the molecule is COC(=O)c1ccc(-n2nc3c(c2N)CC(C)C(=O)N3)cc1. The van der Waals surface area contributed by atoms with E-state index >= 15 is 0 Å². The normalized spacial score (nSPS) is 16.8. The summed E-state index contributed by atoms with van der Waals surface area (Å²) in [4.78, 5) is 23.2. The molecule has 114 valence electrons. The lowest BCUT2D eigenvalue weighted by molar-refractivity contribution is -0.119. The summed E-state index contributed by atoms with van der Waals surface area (Å²) in [5, 5.41) is 7.10. The number of nitrogens with two attached hydrogens (primary N) is 1. The molecule has 2 aromatic rings. The van der Waals surface area contributed by atoms with Gasteiger partial charge in [-0.1, -0.05) is 6.92 Å². The highest BCUT2D eigenvalue weighted by Crippen LogP contribution is 2.31. The third-order valence-electron chi connectivity index (χ3n) is 3.76. The summed E-state index contributed by atoms with van der Waals surface area (Å²) in [7, 11) is 1.33. The number of aromatic nitrogens is 2. The van der Waals surface area contributed by atoms with Crippen molar-refractivity contribution >= 4 is 23.5 Å². The van der Waals surface area contributed by atoms with Crippen LogP contribution in [0.3, 0.4) is 0 Å². The van der Waals surface area contributed by atoms with Gasteiger partial charge in [0.1, 0.15) is 5.82 Å². The Balaban J connectivity index is 1.98. The van der Waals surface area contributed by atoms with Crippen LogP contribution in [0.5, 0.6) is 0 Å². The third-order valence-corrected chi connectivity index (χ3v) is 3.76. The van der Waals surface area contributed by atoms with Crippen LogP contribution in [0.2, 0.25) is 0 Å². The van der Waals surface area contributed by atoms with Crippen molar-refractivity contribution in [2.24, 2.45) is 5.92 Å². The number of carbonyl (C=O) groups excluding carboxylic acids is 2. The van der Waals surface area contributed by atoms with Crippen molar-refractivity contribution in [3.63, 3.8) is 0 Å². The fourth-order valence-electron chi connectivity index (χ4n) is 2.46. The van der Waals surface area contributed by atoms with Gasteiger partial charge in [0.25, 0.3) is 0 Å². The number of carbonyl (C=O) groups is 2. The Labute approximate surface area is 127 Å². The molecule has 0 fully saturated rings. The Morgan fingerprint density at radius 1 is 1.41 bits per heavy atom. The third kappa shape index (κ3) is 2.20. The summed E-state index contributed by atoms with van der Waals surface area (Å²) in [6, 6.07) is 6.74. The van der Waals surface area contributed by atoms with E-state index in [0.717, 1.165) is 5.56 Å². The van der Waals surface area contributed by atoms with Crippen molar-refractivity contribution in [2.75, 3.05) is 18.2 Å². The molecule has 2 heterocycles. The van der Waals surface area contributed by atoms with Gasteiger partial charge in [0, 0.05) is 11.5 Å². The number of amides is 1. The molecule has 3 rings (SSSR count). The Morgan fingerprint density at radius 2 is 2.09 bits per heavy atom. The largest absolute Gasteiger partial charge is 0.465 e. The molecule has 0 spiro atoms. The minimum atomic E-state index is -0.402. The van der Waals surface area contributed by atoms with E-state index in [-0.39, 0.29) is 11.8 Å². The van der Waals surface area contributed by atoms with E-state index in [1.54, 1.807) is 28.9 Å². The fourth-order valence-corrected chi connectivity index (χ4v) is 2.46. The predicted molar refractivity (Wildman–Crippen MR) is 80.8 cm³/mol. The minimum Gasteiger partial charge on any atom is -0.465 e. The van der Waals surface area contributed by atoms with Crippen LogP contribution in [0.15, 0.2) is 24.3 Å². The summed E-state index contributed by atoms with van der Waals surface area (Å²) in [6.07, 6.45) is 0.563. The Hall–Kier alpha value is -2.83. The van der Waals surface area contributed by atoms with Gasteiger partial charge in [-0.25, -0.2) is 9.48 Å². The van der Waals surface area contributed by atoms with Gasteiger partial charge in [-0.3, -0.25) is 4.79 Å². The number of hydrogen-bond donors (Lipinski definition) is 2. The van der Waals surface area contributed by atoms with Crippen molar-refractivity contribution in [3.05, 3.63) is 35.4 Å². The van der Waals surface area contributed by atoms with Crippen LogP contribution in [-0.4, -0.2) is 28.8 Å². The Morgan fingerprint density at radius 3 is 2.73 bits per heavy atom. The van der Waals surface area contributed by atoms with Gasteiger partial charge < -0.3 is 15.8 Å². The maximum absolute atomic E-state index is 11.7. The number of fused-ring (bicyclic) bond motifs is 1. The van der Waals surface area contributed by atoms with Crippen LogP contribution in [0.4, 0.5) is 11.6 Å². The number of nitrogens with zero attached hydrogens (tertiary/aromatic N) is 2. The van der Waals surface area contributed by atoms with E-state index < -0.39 is 5.97 Å². The molecule has 1 amide bonds. The quantitative estimate of drug-likeness (QED) is 0.816. The highest BCUT2D eigenvalue weighted by Gasteiger charge is 2.28. The van der Waals surface area contributed by atoms with Gasteiger partial charge >= 0.3 is 5.97 Å². The van der Waals surface area contributed by atoms with E-state index in [2.05, 4.69) is 15.2 Å². The molecule has 3 N–H and O–H groups in total. The number of rotatable bonds is 2. The Bertz CT molecular complexity index is 749. The van der Waals surface area contributed by atoms with Gasteiger partial charge in [-0.2, -0.15) is 0 Å². The summed E-state index contributed by atoms with van der Waals surface area (Å²) >= 11 is 0. The van der Waals surface area contributed by atoms with Gasteiger partial charge in [0.2, 0.25) is 5.91 Å². The maximum Gasteiger partial charge on any atom is 0.337 e. The average Bonchev–Trinajstić information content (AvgIpc) is 2.84. The molecule has 1 aliphatic heterocycles. The van der Waals surface area contributed by atoms with Crippen LogP contribution in [0.1, 0.15) is 22.8 Å². The number of esters is 1. The lowest BCUT2D eigenvalue weighted by atomic mass is 9.98. The van der Waals surface area contributed by atoms with Crippen LogP contribution < -0.4 is 11.1 Å². The van der Waals surface area contributed by atoms with Crippen molar-refractivity contribution < 1.29 is 14.3 Å². The monoisotopic (exact) mass is 300 g/mol. The van der Waals surface area contributed by atoms with Crippen LogP contribution in [-0.2, 0) is 16.0 Å². The molecule has 1 aromatic heterocycles. The smallest absolute Gasteiger partial charge is 0.337 e. The average molecular weight is 300 g/mol. The molecule has 1 unspecified atom stereocenters. The zero-order chi connectivity index (χ0) is 15.9. The van der Waals surface area contributed by atoms with E-state index in [0.29, 0.717) is 29.3 Å². The summed E-state index contributed by atoms with van der Waals surface area (Å²) in [5.41, 5.74) is 8.14. The first-order valence-electron chi connectivity index (χ1n) is 6.88. The van der Waals surface area contributed by atoms with E-state index in [4.69, 9.17) is 5.73 Å². The van der Waals surface area contributed by atoms with Gasteiger partial charge in [-0.15, -0.1) is 5.10 Å². The highest BCUT2D eigenvalue weighted by molar-refractivity contribution is 5.95. The first kappa shape index (κ1) is 14.1. The van der Waals surface area contributed by atoms with Gasteiger partial charge in [-0.05, 0) is 30.7 Å². The molecule has 0 aliphatic carbocycles. The number of anilines is 2. The summed E-state index contributed by atoms with van der Waals surface area (Å²) < 4.78 is 6.22. The second-order valence-corrected chi connectivity index (χ2v) is 5.26. The second-order valence-electron chi connectivity index (χ2n) is 5.26. The van der Waals surface area contributed by atoms with Crippen molar-refractivity contribution in [1.82, 2.24) is 9.78 Å². The molecule has 0 saturated carbocycles. The number of nitrogen functional groups attached to an aromatic ring is 1.